The molecule has 3 aromatic carbocycles. The van der Waals surface area contributed by atoms with Gasteiger partial charge in [0.1, 0.15) is 17.3 Å². The highest BCUT2D eigenvalue weighted by molar-refractivity contribution is 5.98. The van der Waals surface area contributed by atoms with Crippen LogP contribution in [-0.2, 0) is 0 Å². The minimum absolute atomic E-state index is 0.213. The highest BCUT2D eigenvalue weighted by Gasteiger charge is 2.32. The number of aromatic nitrogens is 3. The number of benzene rings is 3. The summed E-state index contributed by atoms with van der Waals surface area (Å²) in [5, 5.41) is 3.22. The predicted octanol–water partition coefficient (Wildman–Crippen LogP) is 5.14. The lowest BCUT2D eigenvalue weighted by Crippen LogP contribution is -2.28. The first-order chi connectivity index (χ1) is 17.2. The van der Waals surface area contributed by atoms with E-state index in [9.17, 15) is 4.79 Å². The maximum atomic E-state index is 13.4. The van der Waals surface area contributed by atoms with Gasteiger partial charge in [-0.2, -0.15) is 0 Å². The van der Waals surface area contributed by atoms with Crippen LogP contribution in [0.3, 0.4) is 0 Å². The number of aromatic amines is 1. The Morgan fingerprint density at radius 3 is 2.43 bits per heavy atom. The smallest absolute Gasteiger partial charge is 0.252 e. The van der Waals surface area contributed by atoms with Crippen molar-refractivity contribution in [1.29, 1.82) is 0 Å². The molecule has 1 amide bonds. The highest BCUT2D eigenvalue weighted by atomic mass is 16.5. The molecule has 1 atom stereocenters. The van der Waals surface area contributed by atoms with Crippen LogP contribution in [0, 0.1) is 0 Å². The lowest BCUT2D eigenvalue weighted by molar-refractivity contribution is 0.0943. The standard InChI is InChI=1S/C28H22N4O3/c1-34-17-12-16(13-18(14-17)35-2)28(33)32-26-20-7-4-3-6-19(20)25-21(26)8-5-9-22(25)27-30-23-10-11-29-15-24(23)31-27/h3-15,26H,1-2H3,(H,30,31)(H,32,33). The predicted molar refractivity (Wildman–Crippen MR) is 134 cm³/mol. The van der Waals surface area contributed by atoms with Crippen LogP contribution in [0.25, 0.3) is 33.5 Å². The van der Waals surface area contributed by atoms with Gasteiger partial charge in [0.15, 0.2) is 0 Å². The molecule has 0 bridgehead atoms. The van der Waals surface area contributed by atoms with Crippen molar-refractivity contribution in [2.24, 2.45) is 0 Å². The summed E-state index contributed by atoms with van der Waals surface area (Å²) in [5.74, 6) is 1.67. The van der Waals surface area contributed by atoms with Crippen molar-refractivity contribution >= 4 is 16.9 Å². The molecular weight excluding hydrogens is 440 g/mol. The molecule has 1 aliphatic carbocycles. The Hall–Kier alpha value is -4.65. The Bertz CT molecular complexity index is 1540. The normalized spacial score (nSPS) is 13.8. The van der Waals surface area contributed by atoms with E-state index in [0.717, 1.165) is 44.7 Å². The third kappa shape index (κ3) is 3.49. The van der Waals surface area contributed by atoms with E-state index < -0.39 is 0 Å². The number of rotatable bonds is 5. The average Bonchev–Trinajstić information content (AvgIpc) is 3.48. The number of hydrogen-bond acceptors (Lipinski definition) is 5. The number of imidazole rings is 1. The Kier molecular flexibility index (Phi) is 4.95. The van der Waals surface area contributed by atoms with Crippen LogP contribution in [0.2, 0.25) is 0 Å². The van der Waals surface area contributed by atoms with Gasteiger partial charge in [0, 0.05) is 23.4 Å². The summed E-state index contributed by atoms with van der Waals surface area (Å²) in [6.07, 6.45) is 3.51. The van der Waals surface area contributed by atoms with Crippen LogP contribution in [0.5, 0.6) is 11.5 Å². The number of nitrogens with one attached hydrogen (secondary N) is 2. The van der Waals surface area contributed by atoms with E-state index in [1.165, 1.54) is 0 Å². The second-order valence-electron chi connectivity index (χ2n) is 8.34. The number of pyridine rings is 1. The highest BCUT2D eigenvalue weighted by Crippen LogP contribution is 2.47. The number of methoxy groups -OCH3 is 2. The lowest BCUT2D eigenvalue weighted by Gasteiger charge is -2.17. The third-order valence-corrected chi connectivity index (χ3v) is 6.38. The van der Waals surface area contributed by atoms with Gasteiger partial charge in [0.2, 0.25) is 0 Å². The maximum absolute atomic E-state index is 13.4. The van der Waals surface area contributed by atoms with Gasteiger partial charge in [0.05, 0.1) is 37.5 Å². The molecule has 0 spiro atoms. The average molecular weight is 463 g/mol. The van der Waals surface area contributed by atoms with Crippen molar-refractivity contribution in [2.45, 2.75) is 6.04 Å². The molecule has 0 fully saturated rings. The van der Waals surface area contributed by atoms with Gasteiger partial charge in [-0.3, -0.25) is 9.78 Å². The van der Waals surface area contributed by atoms with E-state index in [2.05, 4.69) is 39.6 Å². The van der Waals surface area contributed by atoms with Crippen LogP contribution in [0.4, 0.5) is 0 Å². The molecule has 2 aromatic heterocycles. The van der Waals surface area contributed by atoms with Gasteiger partial charge in [0.25, 0.3) is 5.91 Å². The van der Waals surface area contributed by atoms with E-state index in [1.807, 2.05) is 24.3 Å². The second-order valence-corrected chi connectivity index (χ2v) is 8.34. The Morgan fingerprint density at radius 2 is 1.66 bits per heavy atom. The zero-order chi connectivity index (χ0) is 23.9. The van der Waals surface area contributed by atoms with E-state index in [1.54, 1.807) is 44.8 Å². The van der Waals surface area contributed by atoms with Gasteiger partial charge < -0.3 is 19.8 Å². The Morgan fingerprint density at radius 1 is 0.914 bits per heavy atom. The fraction of sp³-hybridized carbons (Fsp3) is 0.107. The molecule has 35 heavy (non-hydrogen) atoms. The fourth-order valence-electron chi connectivity index (χ4n) is 4.75. The lowest BCUT2D eigenvalue weighted by atomic mass is 9.98. The quantitative estimate of drug-likeness (QED) is 0.377. The van der Waals surface area contributed by atoms with Crippen molar-refractivity contribution in [2.75, 3.05) is 14.2 Å². The summed E-state index contributed by atoms with van der Waals surface area (Å²) >= 11 is 0. The largest absolute Gasteiger partial charge is 0.497 e. The molecule has 2 heterocycles. The minimum Gasteiger partial charge on any atom is -0.497 e. The van der Waals surface area contributed by atoms with Crippen molar-refractivity contribution in [3.8, 4) is 34.0 Å². The van der Waals surface area contributed by atoms with Crippen LogP contribution < -0.4 is 14.8 Å². The van der Waals surface area contributed by atoms with Gasteiger partial charge in [-0.15, -0.1) is 0 Å². The molecule has 7 nitrogen and oxygen atoms in total. The van der Waals surface area contributed by atoms with Crippen molar-refractivity contribution in [3.63, 3.8) is 0 Å². The number of fused-ring (bicyclic) bond motifs is 4. The van der Waals surface area contributed by atoms with Crippen molar-refractivity contribution < 1.29 is 14.3 Å². The monoisotopic (exact) mass is 462 g/mol. The first kappa shape index (κ1) is 20.9. The SMILES string of the molecule is COc1cc(OC)cc(C(=O)NC2c3ccccc3-c3c(-c4nc5ccncc5[nH]4)cccc32)c1. The summed E-state index contributed by atoms with van der Waals surface area (Å²) in [7, 11) is 3.13. The van der Waals surface area contributed by atoms with Crippen molar-refractivity contribution in [3.05, 3.63) is 95.8 Å². The summed E-state index contributed by atoms with van der Waals surface area (Å²) in [6, 6.07) is 21.0. The molecule has 5 aromatic rings. The first-order valence-corrected chi connectivity index (χ1v) is 11.2. The molecule has 7 heteroatoms. The van der Waals surface area contributed by atoms with Gasteiger partial charge in [-0.1, -0.05) is 42.5 Å². The number of nitrogens with zero attached hydrogens (tertiary/aromatic N) is 2. The summed E-state index contributed by atoms with van der Waals surface area (Å²) in [5.41, 5.74) is 7.37. The van der Waals surface area contributed by atoms with E-state index in [4.69, 9.17) is 14.5 Å². The summed E-state index contributed by atoms with van der Waals surface area (Å²) in [4.78, 5) is 25.8. The maximum Gasteiger partial charge on any atom is 0.252 e. The molecule has 0 radical (unpaired) electrons. The molecule has 1 aliphatic rings. The third-order valence-electron chi connectivity index (χ3n) is 6.38. The number of amides is 1. The zero-order valence-corrected chi connectivity index (χ0v) is 19.2. The Labute approximate surface area is 201 Å². The van der Waals surface area contributed by atoms with Crippen LogP contribution in [-0.4, -0.2) is 35.1 Å². The zero-order valence-electron chi connectivity index (χ0n) is 19.2. The molecule has 0 saturated carbocycles. The van der Waals surface area contributed by atoms with Crippen LogP contribution in [0.1, 0.15) is 27.5 Å². The fourth-order valence-corrected chi connectivity index (χ4v) is 4.75. The van der Waals surface area contributed by atoms with E-state index in [-0.39, 0.29) is 11.9 Å². The molecular formula is C28H22N4O3. The second kappa shape index (κ2) is 8.29. The summed E-state index contributed by atoms with van der Waals surface area (Å²) < 4.78 is 10.7. The number of ether oxygens (including phenoxy) is 2. The molecule has 172 valence electrons. The molecule has 0 aliphatic heterocycles. The van der Waals surface area contributed by atoms with Crippen molar-refractivity contribution in [1.82, 2.24) is 20.3 Å². The number of carbonyl (C=O) groups is 1. The minimum atomic E-state index is -0.308. The topological polar surface area (TPSA) is 89.1 Å². The Balaban J connectivity index is 1.44. The van der Waals surface area contributed by atoms with E-state index in [0.29, 0.717) is 17.1 Å². The van der Waals surface area contributed by atoms with Crippen LogP contribution >= 0.6 is 0 Å². The number of H-pyrrole nitrogens is 1. The van der Waals surface area contributed by atoms with Gasteiger partial charge in [-0.05, 0) is 40.5 Å². The van der Waals surface area contributed by atoms with Gasteiger partial charge in [-0.25, -0.2) is 4.98 Å². The van der Waals surface area contributed by atoms with E-state index >= 15 is 0 Å². The van der Waals surface area contributed by atoms with Crippen LogP contribution in [0.15, 0.2) is 79.1 Å². The van der Waals surface area contributed by atoms with Gasteiger partial charge >= 0.3 is 0 Å². The summed E-state index contributed by atoms with van der Waals surface area (Å²) in [6.45, 7) is 0. The molecule has 2 N–H and O–H groups in total. The molecule has 1 unspecified atom stereocenters. The molecule has 0 saturated heterocycles. The number of carbonyl (C=O) groups excluding carboxylic acids is 1. The molecule has 6 rings (SSSR count). The first-order valence-electron chi connectivity index (χ1n) is 11.2. The number of hydrogen-bond donors (Lipinski definition) is 2.